The Morgan fingerprint density at radius 2 is 1.74 bits per heavy atom. The van der Waals surface area contributed by atoms with E-state index in [4.69, 9.17) is 15.5 Å². The second-order valence-corrected chi connectivity index (χ2v) is 19.0. The molecule has 11 nitrogen and oxygen atoms in total. The van der Waals surface area contributed by atoms with Crippen LogP contribution in [0.25, 0.3) is 38.0 Å². The van der Waals surface area contributed by atoms with Gasteiger partial charge in [-0.1, -0.05) is 57.2 Å². The van der Waals surface area contributed by atoms with Crippen molar-refractivity contribution in [3.05, 3.63) is 89.9 Å². The number of nitrogens with two attached hydrogens (primary N) is 1. The van der Waals surface area contributed by atoms with Crippen molar-refractivity contribution in [3.63, 3.8) is 0 Å². The molecule has 3 unspecified atom stereocenters. The molecule has 2 saturated carbocycles. The maximum atomic E-state index is 13.6. The van der Waals surface area contributed by atoms with E-state index in [-0.39, 0.29) is 33.4 Å². The van der Waals surface area contributed by atoms with E-state index in [1.54, 1.807) is 30.5 Å². The summed E-state index contributed by atoms with van der Waals surface area (Å²) >= 11 is 1.40. The summed E-state index contributed by atoms with van der Waals surface area (Å²) in [6, 6.07) is 18.3. The lowest BCUT2D eigenvalue weighted by Gasteiger charge is -2.61. The van der Waals surface area contributed by atoms with Crippen LogP contribution in [0.5, 0.6) is 0 Å². The van der Waals surface area contributed by atoms with Gasteiger partial charge < -0.3 is 20.5 Å². The van der Waals surface area contributed by atoms with Gasteiger partial charge in [0.05, 0.1) is 33.6 Å². The maximum Gasteiger partial charge on any atom is 0.355 e. The smallest absolute Gasteiger partial charge is 0.355 e. The number of hydrogen-bond acceptors (Lipinski definition) is 10. The number of likely N-dealkylation sites (N-methyl/N-ethyl adjacent to an activating group) is 1. The number of anilines is 1. The van der Waals surface area contributed by atoms with E-state index in [1.165, 1.54) is 17.5 Å². The fourth-order valence-electron chi connectivity index (χ4n) is 10.2. The molecule has 2 aliphatic carbocycles. The van der Waals surface area contributed by atoms with Gasteiger partial charge in [-0.05, 0) is 112 Å². The minimum absolute atomic E-state index is 0.118. The Balaban J connectivity index is 1.14. The minimum Gasteiger partial charge on any atom is -0.476 e. The van der Waals surface area contributed by atoms with Gasteiger partial charge in [0.15, 0.2) is 10.8 Å². The zero-order valence-electron chi connectivity index (χ0n) is 34.0. The number of amides is 1. The molecule has 0 radical (unpaired) electrons. The van der Waals surface area contributed by atoms with Crippen molar-refractivity contribution >= 4 is 60.7 Å². The molecule has 0 saturated heterocycles. The number of hydrogen-bond donors (Lipinski definition) is 3. The van der Waals surface area contributed by atoms with Crippen LogP contribution in [0, 0.1) is 16.2 Å². The first kappa shape index (κ1) is 40.2. The lowest BCUT2D eigenvalue weighted by atomic mass is 9.48. The molecule has 0 aliphatic heterocycles. The van der Waals surface area contributed by atoms with Gasteiger partial charge in [-0.25, -0.2) is 14.8 Å². The van der Waals surface area contributed by atoms with Crippen LogP contribution in [0.3, 0.4) is 0 Å². The van der Waals surface area contributed by atoms with E-state index in [1.807, 2.05) is 43.3 Å². The van der Waals surface area contributed by atoms with Gasteiger partial charge >= 0.3 is 5.97 Å². The number of carboxylic acids is 1. The number of allylic oxidation sites excluding steroid dienone is 1. The molecule has 3 heterocycles. The van der Waals surface area contributed by atoms with Crippen molar-refractivity contribution in [2.24, 2.45) is 27.0 Å². The topological polar surface area (TPSA) is 156 Å². The number of fused-ring (bicyclic) bond motifs is 4. The molecule has 3 atom stereocenters. The third-order valence-corrected chi connectivity index (χ3v) is 12.4. The molecule has 298 valence electrons. The molecular formula is C45H53N7O4S. The van der Waals surface area contributed by atoms with Crippen LogP contribution in [0.4, 0.5) is 5.13 Å². The van der Waals surface area contributed by atoms with E-state index in [2.05, 4.69) is 67.0 Å². The number of para-hydroxylation sites is 1. The molecule has 3 aromatic heterocycles. The number of carboxylic acid groups (broad SMARTS) is 1. The highest BCUT2D eigenvalue weighted by atomic mass is 32.1. The van der Waals surface area contributed by atoms with Crippen LogP contribution >= 0.6 is 11.3 Å². The summed E-state index contributed by atoms with van der Waals surface area (Å²) in [6.07, 6.45) is 8.20. The number of ether oxygens (including phenoxy) is 1. The van der Waals surface area contributed by atoms with Crippen molar-refractivity contribution < 1.29 is 19.4 Å². The Hall–Kier alpha value is -5.04. The summed E-state index contributed by atoms with van der Waals surface area (Å²) in [7, 11) is 4.15. The van der Waals surface area contributed by atoms with Gasteiger partial charge in [0.2, 0.25) is 0 Å². The highest BCUT2D eigenvalue weighted by molar-refractivity contribution is 7.22. The summed E-state index contributed by atoms with van der Waals surface area (Å²) in [5.74, 6) is -1.51. The number of carbonyl (C=O) groups is 2. The van der Waals surface area contributed by atoms with Crippen LogP contribution in [0.1, 0.15) is 93.1 Å². The first-order valence-electron chi connectivity index (χ1n) is 19.5. The maximum absolute atomic E-state index is 13.6. The van der Waals surface area contributed by atoms with Gasteiger partial charge in [0.1, 0.15) is 0 Å². The molecule has 2 fully saturated rings. The van der Waals surface area contributed by atoms with Gasteiger partial charge in [-0.15, -0.1) is 0 Å². The Morgan fingerprint density at radius 1 is 0.965 bits per heavy atom. The Labute approximate surface area is 338 Å². The van der Waals surface area contributed by atoms with E-state index in [9.17, 15) is 14.7 Å². The molecule has 2 aromatic carbocycles. The lowest BCUT2D eigenvalue weighted by molar-refractivity contribution is -0.190. The number of rotatable bonds is 12. The predicted molar refractivity (Wildman–Crippen MR) is 230 cm³/mol. The third-order valence-electron chi connectivity index (χ3n) is 11.4. The lowest BCUT2D eigenvalue weighted by Crippen LogP contribution is -2.57. The summed E-state index contributed by atoms with van der Waals surface area (Å²) in [6.45, 7) is 13.5. The minimum atomic E-state index is -1.19. The number of aromatic carboxylic acids is 1. The first-order valence-corrected chi connectivity index (χ1v) is 20.3. The number of carbonyl (C=O) groups excluding carboxylic acids is 1. The summed E-state index contributed by atoms with van der Waals surface area (Å²) in [4.78, 5) is 47.4. The fraction of sp³-hybridized carbons (Fsp3) is 0.422. The summed E-state index contributed by atoms with van der Waals surface area (Å²) in [5.41, 5.74) is 10.4. The van der Waals surface area contributed by atoms with E-state index in [0.29, 0.717) is 62.9 Å². The quantitative estimate of drug-likeness (QED) is 0.105. The SMILES string of the molecule is CC(=NCC1(C)CC2(C)CC(C)(C)CC(OCCN(C)C)(C1)C2)C(=CN)c1ccc(-c2cnc3cccc(C(=O)Nc4nc5ccccc5s4)c3c2)nc1C(=O)O. The van der Waals surface area contributed by atoms with E-state index >= 15 is 0 Å². The van der Waals surface area contributed by atoms with Crippen molar-refractivity contribution in [1.82, 2.24) is 19.9 Å². The fourth-order valence-corrected chi connectivity index (χ4v) is 11.1. The van der Waals surface area contributed by atoms with Gasteiger partial charge in [-0.3, -0.25) is 20.1 Å². The Morgan fingerprint density at radius 3 is 2.47 bits per heavy atom. The zero-order chi connectivity index (χ0) is 40.8. The monoisotopic (exact) mass is 787 g/mol. The number of aliphatic imine (C=N–C) groups is 1. The number of thiazole rings is 1. The molecule has 2 aliphatic rings. The standard InChI is InChI=1S/C45H53N7O4S/c1-28(48-27-44(5)24-43(4)22-42(2,3)23-45(25-43,26-44)56-18-17-52(6)7)33(20-46)30-15-16-34(49-38(30)40(54)55)29-19-32-31(11-10-13-35(32)47-21-29)39(53)51-41-50-36-12-8-9-14-37(36)57-41/h8-16,19-21H,17-18,22-27,46H2,1-7H3,(H,54,55)(H,50,51,53). The van der Waals surface area contributed by atoms with Crippen LogP contribution in [-0.2, 0) is 4.74 Å². The molecule has 0 spiro atoms. The number of benzene rings is 2. The van der Waals surface area contributed by atoms with Crippen molar-refractivity contribution in [3.8, 4) is 11.3 Å². The van der Waals surface area contributed by atoms with Gasteiger partial charge in [0, 0.05) is 58.8 Å². The number of pyridine rings is 2. The van der Waals surface area contributed by atoms with Crippen LogP contribution in [0.15, 0.2) is 78.1 Å². The second-order valence-electron chi connectivity index (χ2n) is 17.9. The Kier molecular flexibility index (Phi) is 10.8. The van der Waals surface area contributed by atoms with Crippen molar-refractivity contribution in [2.75, 3.05) is 39.1 Å². The molecule has 5 aromatic rings. The molecule has 57 heavy (non-hydrogen) atoms. The number of aromatic nitrogens is 3. The largest absolute Gasteiger partial charge is 0.476 e. The van der Waals surface area contributed by atoms with Crippen molar-refractivity contribution in [1.29, 1.82) is 0 Å². The molecule has 2 bridgehead atoms. The van der Waals surface area contributed by atoms with E-state index < -0.39 is 5.97 Å². The average Bonchev–Trinajstić information content (AvgIpc) is 3.54. The summed E-state index contributed by atoms with van der Waals surface area (Å²) in [5, 5.41) is 14.5. The normalized spacial score (nSPS) is 23.6. The van der Waals surface area contributed by atoms with Crippen LogP contribution < -0.4 is 11.1 Å². The number of nitrogens with zero attached hydrogens (tertiary/aromatic N) is 5. The first-order chi connectivity index (χ1) is 27.0. The molecule has 12 heteroatoms. The van der Waals surface area contributed by atoms with E-state index in [0.717, 1.165) is 48.9 Å². The molecule has 4 N–H and O–H groups in total. The van der Waals surface area contributed by atoms with Gasteiger partial charge in [-0.2, -0.15) is 0 Å². The molecule has 1 amide bonds. The van der Waals surface area contributed by atoms with Crippen LogP contribution in [0.2, 0.25) is 0 Å². The highest BCUT2D eigenvalue weighted by Gasteiger charge is 2.57. The third kappa shape index (κ3) is 8.63. The molecule has 7 rings (SSSR count). The highest BCUT2D eigenvalue weighted by Crippen LogP contribution is 2.63. The number of nitrogens with one attached hydrogen (secondary N) is 1. The summed E-state index contributed by atoms with van der Waals surface area (Å²) < 4.78 is 7.81. The average molecular weight is 788 g/mol. The predicted octanol–water partition coefficient (Wildman–Crippen LogP) is 8.95. The second kappa shape index (κ2) is 15.4. The zero-order valence-corrected chi connectivity index (χ0v) is 34.8. The molecular weight excluding hydrogens is 735 g/mol. The van der Waals surface area contributed by atoms with Crippen LogP contribution in [-0.4, -0.2) is 81.9 Å². The van der Waals surface area contributed by atoms with Crippen molar-refractivity contribution in [2.45, 2.75) is 72.3 Å². The Bertz CT molecular complexity index is 2380. The van der Waals surface area contributed by atoms with Gasteiger partial charge in [0.25, 0.3) is 5.91 Å².